The summed E-state index contributed by atoms with van der Waals surface area (Å²) in [5, 5.41) is 1.96. The summed E-state index contributed by atoms with van der Waals surface area (Å²) in [6.07, 6.45) is 0. The summed E-state index contributed by atoms with van der Waals surface area (Å²) in [5.74, 6) is 5.08. The van der Waals surface area contributed by atoms with Crippen molar-refractivity contribution in [1.82, 2.24) is 5.43 Å². The molecule has 48 valence electrons. The van der Waals surface area contributed by atoms with Crippen LogP contribution < -0.4 is 11.3 Å². The van der Waals surface area contributed by atoms with Crippen LogP contribution in [0.3, 0.4) is 0 Å². The molecule has 0 spiro atoms. The van der Waals surface area contributed by atoms with Gasteiger partial charge in [-0.3, -0.25) is 0 Å². The zero-order valence-corrected chi connectivity index (χ0v) is 6.26. The highest BCUT2D eigenvalue weighted by Gasteiger charge is 1.96. The molecule has 1 rings (SSSR count). The van der Waals surface area contributed by atoms with Crippen molar-refractivity contribution in [3.63, 3.8) is 0 Å². The van der Waals surface area contributed by atoms with Gasteiger partial charge in [0, 0.05) is 0 Å². The number of nitrogens with one attached hydrogen (secondary N) is 1. The summed E-state index contributed by atoms with van der Waals surface area (Å²) in [5.41, 5.74) is 2.41. The van der Waals surface area contributed by atoms with Crippen LogP contribution in [0, 0.1) is 0 Å². The van der Waals surface area contributed by atoms with E-state index in [0.29, 0.717) is 4.99 Å². The maximum absolute atomic E-state index is 5.08. The van der Waals surface area contributed by atoms with E-state index in [9.17, 15) is 0 Å². The van der Waals surface area contributed by atoms with Gasteiger partial charge in [-0.2, -0.15) is 0 Å². The second-order valence-electron chi connectivity index (χ2n) is 1.45. The molecule has 0 saturated heterocycles. The maximum atomic E-state index is 5.08. The molecule has 3 N–H and O–H groups in total. The van der Waals surface area contributed by atoms with Crippen LogP contribution in [-0.2, 0) is 0 Å². The van der Waals surface area contributed by atoms with Crippen molar-refractivity contribution in [1.29, 1.82) is 0 Å². The van der Waals surface area contributed by atoms with Crippen LogP contribution in [0.15, 0.2) is 17.5 Å². The lowest BCUT2D eigenvalue weighted by Gasteiger charge is -1.94. The van der Waals surface area contributed by atoms with Gasteiger partial charge in [0.05, 0.1) is 4.88 Å². The van der Waals surface area contributed by atoms with Gasteiger partial charge in [-0.15, -0.1) is 11.3 Å². The van der Waals surface area contributed by atoms with Crippen LogP contribution >= 0.6 is 23.6 Å². The molecule has 0 amide bonds. The molecular formula is C5H6N2S2. The van der Waals surface area contributed by atoms with Gasteiger partial charge in [0.25, 0.3) is 0 Å². The first kappa shape index (κ1) is 6.67. The third-order valence-electron chi connectivity index (χ3n) is 0.876. The Hall–Kier alpha value is -0.450. The average molecular weight is 158 g/mol. The predicted octanol–water partition coefficient (Wildman–Crippen LogP) is 0.887. The monoisotopic (exact) mass is 158 g/mol. The lowest BCUT2D eigenvalue weighted by atomic mass is 10.5. The van der Waals surface area contributed by atoms with Crippen LogP contribution in [0.1, 0.15) is 4.88 Å². The number of hydrogen-bond donors (Lipinski definition) is 2. The fourth-order valence-electron chi connectivity index (χ4n) is 0.479. The van der Waals surface area contributed by atoms with Crippen LogP contribution in [0.25, 0.3) is 0 Å². The lowest BCUT2D eigenvalue weighted by Crippen LogP contribution is -2.28. The molecule has 0 atom stereocenters. The van der Waals surface area contributed by atoms with Crippen molar-refractivity contribution in [2.45, 2.75) is 0 Å². The van der Waals surface area contributed by atoms with Gasteiger partial charge < -0.3 is 5.43 Å². The van der Waals surface area contributed by atoms with Gasteiger partial charge in [-0.05, 0) is 11.4 Å². The molecule has 1 aromatic rings. The SMILES string of the molecule is NNC(=S)c1cccs1. The Labute approximate surface area is 62.7 Å². The van der Waals surface area contributed by atoms with Gasteiger partial charge in [0.1, 0.15) is 4.99 Å². The molecule has 1 aromatic heterocycles. The summed E-state index contributed by atoms with van der Waals surface area (Å²) >= 11 is 6.42. The zero-order chi connectivity index (χ0) is 6.69. The molecule has 2 nitrogen and oxygen atoms in total. The molecule has 0 unspecified atom stereocenters. The van der Waals surface area contributed by atoms with Gasteiger partial charge in [0.2, 0.25) is 0 Å². The standard InChI is InChI=1S/C5H6N2S2/c6-7-5(8)4-2-1-3-9-4/h1-3H,6H2,(H,7,8). The molecule has 1 heterocycles. The van der Waals surface area contributed by atoms with E-state index in [0.717, 1.165) is 4.88 Å². The molecule has 0 radical (unpaired) electrons. The smallest absolute Gasteiger partial charge is 0.130 e. The number of nitrogens with two attached hydrogens (primary N) is 1. The molecule has 0 aliphatic rings. The Balaban J connectivity index is 2.77. The minimum atomic E-state index is 0.602. The van der Waals surface area contributed by atoms with E-state index in [1.165, 1.54) is 0 Å². The minimum absolute atomic E-state index is 0.602. The molecular weight excluding hydrogens is 152 g/mol. The molecule has 0 bridgehead atoms. The third-order valence-corrected chi connectivity index (χ3v) is 2.23. The second-order valence-corrected chi connectivity index (χ2v) is 2.81. The average Bonchev–Trinajstić information content (AvgIpc) is 2.37. The number of rotatable bonds is 1. The summed E-state index contributed by atoms with van der Waals surface area (Å²) in [7, 11) is 0. The van der Waals surface area contributed by atoms with E-state index in [-0.39, 0.29) is 0 Å². The zero-order valence-electron chi connectivity index (χ0n) is 4.63. The minimum Gasteiger partial charge on any atom is -0.314 e. The van der Waals surface area contributed by atoms with E-state index < -0.39 is 0 Å². The Morgan fingerprint density at radius 2 is 2.56 bits per heavy atom. The summed E-state index contributed by atoms with van der Waals surface area (Å²) in [4.78, 5) is 1.61. The topological polar surface area (TPSA) is 38.0 Å². The van der Waals surface area contributed by atoms with Crippen molar-refractivity contribution in [3.05, 3.63) is 22.4 Å². The van der Waals surface area contributed by atoms with Gasteiger partial charge in [-0.25, -0.2) is 5.84 Å². The summed E-state index contributed by atoms with van der Waals surface area (Å²) < 4.78 is 0. The van der Waals surface area contributed by atoms with Crippen molar-refractivity contribution in [3.8, 4) is 0 Å². The molecule has 0 saturated carbocycles. The van der Waals surface area contributed by atoms with Crippen molar-refractivity contribution < 1.29 is 0 Å². The summed E-state index contributed by atoms with van der Waals surface area (Å²) in [6.45, 7) is 0. The maximum Gasteiger partial charge on any atom is 0.130 e. The van der Waals surface area contributed by atoms with Crippen LogP contribution in [-0.4, -0.2) is 4.99 Å². The van der Waals surface area contributed by atoms with E-state index >= 15 is 0 Å². The molecule has 0 aliphatic carbocycles. The Bertz CT molecular complexity index is 193. The largest absolute Gasteiger partial charge is 0.314 e. The lowest BCUT2D eigenvalue weighted by molar-refractivity contribution is 1.05. The van der Waals surface area contributed by atoms with E-state index in [4.69, 9.17) is 18.1 Å². The van der Waals surface area contributed by atoms with Gasteiger partial charge in [-0.1, -0.05) is 18.3 Å². The van der Waals surface area contributed by atoms with Crippen LogP contribution in [0.2, 0.25) is 0 Å². The summed E-state index contributed by atoms with van der Waals surface area (Å²) in [6, 6.07) is 3.86. The van der Waals surface area contributed by atoms with Crippen molar-refractivity contribution in [2.24, 2.45) is 5.84 Å². The van der Waals surface area contributed by atoms with Crippen molar-refractivity contribution >= 4 is 28.5 Å². The number of hydrazine groups is 1. The highest BCUT2D eigenvalue weighted by Crippen LogP contribution is 2.07. The van der Waals surface area contributed by atoms with Gasteiger partial charge in [0.15, 0.2) is 0 Å². The fraction of sp³-hybridized carbons (Fsp3) is 0. The molecule has 4 heteroatoms. The first-order chi connectivity index (χ1) is 4.34. The quantitative estimate of drug-likeness (QED) is 0.362. The fourth-order valence-corrected chi connectivity index (χ4v) is 1.32. The second kappa shape index (κ2) is 2.91. The van der Waals surface area contributed by atoms with Crippen molar-refractivity contribution in [2.75, 3.05) is 0 Å². The normalized spacial score (nSPS) is 9.00. The Morgan fingerprint density at radius 1 is 1.78 bits per heavy atom. The first-order valence-electron chi connectivity index (χ1n) is 2.39. The van der Waals surface area contributed by atoms with E-state index in [1.807, 2.05) is 17.5 Å². The number of hydrogen-bond acceptors (Lipinski definition) is 3. The predicted molar refractivity (Wildman–Crippen MR) is 43.3 cm³/mol. The molecule has 0 fully saturated rings. The molecule has 9 heavy (non-hydrogen) atoms. The highest BCUT2D eigenvalue weighted by atomic mass is 32.1. The molecule has 0 aromatic carbocycles. The number of thiocarbonyl (C=S) groups is 1. The van der Waals surface area contributed by atoms with Gasteiger partial charge >= 0.3 is 0 Å². The number of thiophene rings is 1. The Kier molecular flexibility index (Phi) is 2.16. The van der Waals surface area contributed by atoms with Crippen LogP contribution in [0.4, 0.5) is 0 Å². The van der Waals surface area contributed by atoms with E-state index in [1.54, 1.807) is 11.3 Å². The highest BCUT2D eigenvalue weighted by molar-refractivity contribution is 7.81. The third kappa shape index (κ3) is 1.48. The molecule has 0 aliphatic heterocycles. The Morgan fingerprint density at radius 3 is 3.00 bits per heavy atom. The van der Waals surface area contributed by atoms with Crippen LogP contribution in [0.5, 0.6) is 0 Å². The first-order valence-corrected chi connectivity index (χ1v) is 3.68. The van der Waals surface area contributed by atoms with E-state index in [2.05, 4.69) is 5.43 Å².